The number of hydrogen-bond donors (Lipinski definition) is 1. The maximum atomic E-state index is 5.55. The Morgan fingerprint density at radius 3 is 3.17 bits per heavy atom. The van der Waals surface area contributed by atoms with Gasteiger partial charge in [0.2, 0.25) is 0 Å². The van der Waals surface area contributed by atoms with E-state index in [1.807, 2.05) is 6.07 Å². The van der Waals surface area contributed by atoms with Crippen LogP contribution >= 0.6 is 0 Å². The van der Waals surface area contributed by atoms with E-state index in [1.165, 1.54) is 21.9 Å². The van der Waals surface area contributed by atoms with Gasteiger partial charge in [0.15, 0.2) is 0 Å². The summed E-state index contributed by atoms with van der Waals surface area (Å²) < 4.78 is 5.55. The van der Waals surface area contributed by atoms with E-state index in [-0.39, 0.29) is 0 Å². The number of benzene rings is 2. The number of aromatic amines is 1. The standard InChI is InChI=1S/C15H8N2O/c1-2-8-6-11-9(4-5-18-11)13-12(8)10(3-1)14-15(13)17-7-16-14/h1-7H,(H,16,17). The van der Waals surface area contributed by atoms with Gasteiger partial charge in [-0.05, 0) is 17.5 Å². The maximum absolute atomic E-state index is 5.55. The van der Waals surface area contributed by atoms with Gasteiger partial charge in [-0.2, -0.15) is 0 Å². The maximum Gasteiger partial charge on any atom is 0.135 e. The smallest absolute Gasteiger partial charge is 0.135 e. The van der Waals surface area contributed by atoms with Crippen LogP contribution in [0.25, 0.3) is 44.3 Å². The highest BCUT2D eigenvalue weighted by molar-refractivity contribution is 6.21. The molecule has 84 valence electrons. The van der Waals surface area contributed by atoms with Gasteiger partial charge < -0.3 is 9.40 Å². The van der Waals surface area contributed by atoms with Crippen LogP contribution in [0.4, 0.5) is 0 Å². The Bertz CT molecular complexity index is 930. The van der Waals surface area contributed by atoms with E-state index in [0.717, 1.165) is 22.4 Å². The second-order valence-electron chi connectivity index (χ2n) is 4.61. The van der Waals surface area contributed by atoms with E-state index in [9.17, 15) is 0 Å². The van der Waals surface area contributed by atoms with Crippen molar-refractivity contribution in [2.75, 3.05) is 0 Å². The van der Waals surface area contributed by atoms with Gasteiger partial charge in [0.05, 0.1) is 24.0 Å². The van der Waals surface area contributed by atoms with E-state index < -0.39 is 0 Å². The molecule has 1 N–H and O–H groups in total. The quantitative estimate of drug-likeness (QED) is 0.439. The number of nitrogens with zero attached hydrogens (tertiary/aromatic N) is 1. The Balaban J connectivity index is 2.20. The van der Waals surface area contributed by atoms with Crippen LogP contribution in [0.1, 0.15) is 0 Å². The first-order valence-electron chi connectivity index (χ1n) is 5.90. The summed E-state index contributed by atoms with van der Waals surface area (Å²) in [6.45, 7) is 0. The van der Waals surface area contributed by atoms with Gasteiger partial charge in [-0.1, -0.05) is 18.2 Å². The minimum absolute atomic E-state index is 0.928. The van der Waals surface area contributed by atoms with E-state index in [4.69, 9.17) is 4.42 Å². The van der Waals surface area contributed by atoms with Gasteiger partial charge in [0, 0.05) is 21.9 Å². The number of rotatable bonds is 0. The number of H-pyrrole nitrogens is 1. The molecule has 0 amide bonds. The topological polar surface area (TPSA) is 41.8 Å². The molecule has 0 spiro atoms. The molecule has 18 heavy (non-hydrogen) atoms. The number of nitrogens with one attached hydrogen (secondary N) is 1. The van der Waals surface area contributed by atoms with Crippen molar-refractivity contribution in [2.45, 2.75) is 0 Å². The highest BCUT2D eigenvalue weighted by Crippen LogP contribution is 2.48. The third-order valence-corrected chi connectivity index (χ3v) is 3.74. The Hall–Kier alpha value is -2.55. The van der Waals surface area contributed by atoms with Gasteiger partial charge >= 0.3 is 0 Å². The fraction of sp³-hybridized carbons (Fsp3) is 0. The van der Waals surface area contributed by atoms with Gasteiger partial charge in [0.1, 0.15) is 5.58 Å². The summed E-state index contributed by atoms with van der Waals surface area (Å²) in [7, 11) is 0. The van der Waals surface area contributed by atoms with Gasteiger partial charge in [-0.25, -0.2) is 4.98 Å². The molecule has 0 radical (unpaired) electrons. The third kappa shape index (κ3) is 0.788. The fourth-order valence-corrected chi connectivity index (χ4v) is 3.03. The minimum Gasteiger partial charge on any atom is -0.464 e. The molecule has 0 saturated heterocycles. The lowest BCUT2D eigenvalue weighted by molar-refractivity contribution is 0.616. The Kier molecular flexibility index (Phi) is 1.25. The van der Waals surface area contributed by atoms with Crippen molar-refractivity contribution in [3.8, 4) is 22.5 Å². The molecule has 1 aliphatic rings. The van der Waals surface area contributed by atoms with Crippen LogP contribution in [0.5, 0.6) is 0 Å². The van der Waals surface area contributed by atoms with Crippen LogP contribution in [0, 0.1) is 0 Å². The van der Waals surface area contributed by atoms with Crippen LogP contribution in [0.15, 0.2) is 47.3 Å². The molecule has 4 aromatic rings. The Morgan fingerprint density at radius 2 is 2.17 bits per heavy atom. The first-order valence-corrected chi connectivity index (χ1v) is 5.90. The number of aromatic nitrogens is 2. The van der Waals surface area contributed by atoms with Crippen molar-refractivity contribution in [2.24, 2.45) is 0 Å². The molecule has 0 fully saturated rings. The zero-order chi connectivity index (χ0) is 11.7. The third-order valence-electron chi connectivity index (χ3n) is 3.74. The zero-order valence-corrected chi connectivity index (χ0v) is 9.40. The van der Waals surface area contributed by atoms with Crippen LogP contribution in [-0.2, 0) is 0 Å². The van der Waals surface area contributed by atoms with E-state index >= 15 is 0 Å². The zero-order valence-electron chi connectivity index (χ0n) is 9.40. The van der Waals surface area contributed by atoms with Crippen molar-refractivity contribution >= 4 is 21.7 Å². The number of furan rings is 1. The SMILES string of the molecule is c1cc2c3c(c4ccoc4cc3c1)-c1[nH]cnc1-2. The summed E-state index contributed by atoms with van der Waals surface area (Å²) in [4.78, 5) is 7.70. The largest absolute Gasteiger partial charge is 0.464 e. The average Bonchev–Trinajstić information content (AvgIpc) is 3.06. The van der Waals surface area contributed by atoms with Crippen LogP contribution in [0.3, 0.4) is 0 Å². The van der Waals surface area contributed by atoms with Crippen LogP contribution < -0.4 is 0 Å². The second-order valence-corrected chi connectivity index (χ2v) is 4.61. The lowest BCUT2D eigenvalue weighted by Gasteiger charge is -2.03. The number of hydrogen-bond acceptors (Lipinski definition) is 2. The average molecular weight is 232 g/mol. The lowest BCUT2D eigenvalue weighted by atomic mass is 10.0. The first-order chi connectivity index (χ1) is 8.93. The van der Waals surface area contributed by atoms with Crippen molar-refractivity contribution in [1.29, 1.82) is 0 Å². The summed E-state index contributed by atoms with van der Waals surface area (Å²) in [6, 6.07) is 10.4. The summed E-state index contributed by atoms with van der Waals surface area (Å²) in [5.41, 5.74) is 5.51. The van der Waals surface area contributed by atoms with Crippen LogP contribution in [-0.4, -0.2) is 9.97 Å². The molecule has 0 aliphatic heterocycles. The molecule has 0 unspecified atom stereocenters. The minimum atomic E-state index is 0.928. The highest BCUT2D eigenvalue weighted by atomic mass is 16.3. The van der Waals surface area contributed by atoms with Crippen molar-refractivity contribution in [3.63, 3.8) is 0 Å². The molecular weight excluding hydrogens is 224 g/mol. The van der Waals surface area contributed by atoms with Gasteiger partial charge in [-0.3, -0.25) is 0 Å². The van der Waals surface area contributed by atoms with E-state index in [1.54, 1.807) is 12.6 Å². The Morgan fingerprint density at radius 1 is 1.17 bits per heavy atom. The lowest BCUT2D eigenvalue weighted by Crippen LogP contribution is -1.79. The van der Waals surface area contributed by atoms with Crippen molar-refractivity contribution < 1.29 is 4.42 Å². The Labute approximate surface area is 102 Å². The number of fused-ring (bicyclic) bond motifs is 5. The van der Waals surface area contributed by atoms with Gasteiger partial charge in [0.25, 0.3) is 0 Å². The fourth-order valence-electron chi connectivity index (χ4n) is 3.03. The first kappa shape index (κ1) is 8.53. The molecular formula is C15H8N2O. The predicted octanol–water partition coefficient (Wildman–Crippen LogP) is 3.96. The predicted molar refractivity (Wildman–Crippen MR) is 70.3 cm³/mol. The molecule has 0 bridgehead atoms. The molecule has 2 aromatic carbocycles. The molecule has 2 aromatic heterocycles. The van der Waals surface area contributed by atoms with E-state index in [2.05, 4.69) is 34.2 Å². The summed E-state index contributed by atoms with van der Waals surface area (Å²) in [5, 5.41) is 3.63. The highest BCUT2D eigenvalue weighted by Gasteiger charge is 2.26. The van der Waals surface area contributed by atoms with Crippen LogP contribution in [0.2, 0.25) is 0 Å². The van der Waals surface area contributed by atoms with Crippen molar-refractivity contribution in [3.05, 3.63) is 42.9 Å². The van der Waals surface area contributed by atoms with Crippen molar-refractivity contribution in [1.82, 2.24) is 9.97 Å². The molecule has 0 saturated carbocycles. The molecule has 0 atom stereocenters. The molecule has 2 heterocycles. The normalized spacial score (nSPS) is 12.4. The molecule has 3 heteroatoms. The van der Waals surface area contributed by atoms with Gasteiger partial charge in [-0.15, -0.1) is 0 Å². The second kappa shape index (κ2) is 2.64. The summed E-state index contributed by atoms with van der Waals surface area (Å²) >= 11 is 0. The summed E-state index contributed by atoms with van der Waals surface area (Å²) in [5.74, 6) is 0. The monoisotopic (exact) mass is 232 g/mol. The molecule has 1 aliphatic carbocycles. The molecule has 3 nitrogen and oxygen atoms in total. The summed E-state index contributed by atoms with van der Waals surface area (Å²) in [6.07, 6.45) is 3.50. The van der Waals surface area contributed by atoms with E-state index in [0.29, 0.717) is 0 Å². The molecule has 5 rings (SSSR count). The number of imidazole rings is 1.